The van der Waals surface area contributed by atoms with Gasteiger partial charge in [-0.15, -0.1) is 0 Å². The maximum Gasteiger partial charge on any atom is 0.320 e. The molecule has 1 fully saturated rings. The number of nitrogens with two attached hydrogens (primary N) is 1. The third-order valence-corrected chi connectivity index (χ3v) is 7.13. The molecule has 2 aromatic heterocycles. The zero-order valence-electron chi connectivity index (χ0n) is 22.8. The van der Waals surface area contributed by atoms with E-state index in [2.05, 4.69) is 20.0 Å². The summed E-state index contributed by atoms with van der Waals surface area (Å²) in [6.07, 6.45) is -0.879. The number of H-pyrrole nitrogens is 1. The largest absolute Gasteiger partial charge is 0.462 e. The van der Waals surface area contributed by atoms with Crippen LogP contribution in [0, 0.1) is 0 Å². The first kappa shape index (κ1) is 31.2. The van der Waals surface area contributed by atoms with Crippen molar-refractivity contribution in [3.8, 4) is 5.75 Å². The molecule has 1 saturated heterocycles. The number of anilines is 1. The van der Waals surface area contributed by atoms with Gasteiger partial charge in [-0.3, -0.25) is 19.1 Å². The standard InChI is InChI=1S/C25H29N6O7P.CH2F2/c1-14(2)36-21(33)11-28-39(38-18-9-5-7-15-6-3-4-8-16(15)18)35-12-19-17(32)10-20(37-19)31-13-27-22-23(31)29-25(26)30-24(22)34;2-1-3/h3-9,13-14,17,19-20,28,32H,10-12H2,1-2H3,(H3,26,29,30,34);1H2. The number of nitrogens with one attached hydrogen (secondary N) is 2. The van der Waals surface area contributed by atoms with Crippen LogP contribution in [0.3, 0.4) is 0 Å². The molecule has 3 heterocycles. The normalized spacial score (nSPS) is 19.0. The van der Waals surface area contributed by atoms with Crippen LogP contribution >= 0.6 is 8.53 Å². The van der Waals surface area contributed by atoms with Gasteiger partial charge in [0.05, 0.1) is 25.1 Å². The summed E-state index contributed by atoms with van der Waals surface area (Å²) in [5.74, 6) is 0.0769. The molecular weight excluding hydrogens is 577 g/mol. The van der Waals surface area contributed by atoms with Crippen molar-refractivity contribution in [3.63, 3.8) is 0 Å². The first-order valence-electron chi connectivity index (χ1n) is 12.9. The molecule has 0 spiro atoms. The predicted octanol–water partition coefficient (Wildman–Crippen LogP) is 3.25. The number of nitrogen functional groups attached to an aromatic ring is 1. The minimum atomic E-state index is -1.83. The molecule has 5 rings (SSSR count). The Bertz CT molecular complexity index is 1550. The van der Waals surface area contributed by atoms with Gasteiger partial charge in [0.15, 0.2) is 11.2 Å². The Morgan fingerprint density at radius 2 is 2.02 bits per heavy atom. The van der Waals surface area contributed by atoms with Crippen LogP contribution in [0.15, 0.2) is 53.6 Å². The minimum absolute atomic E-state index is 0.0385. The molecule has 42 heavy (non-hydrogen) atoms. The Balaban J connectivity index is 0.00000129. The molecule has 5 N–H and O–H groups in total. The number of alkyl halides is 2. The predicted molar refractivity (Wildman–Crippen MR) is 151 cm³/mol. The van der Waals surface area contributed by atoms with Crippen molar-refractivity contribution >= 4 is 42.4 Å². The second-order valence-electron chi connectivity index (χ2n) is 9.30. The van der Waals surface area contributed by atoms with Gasteiger partial charge in [0.2, 0.25) is 12.9 Å². The number of hydrogen-bond acceptors (Lipinski definition) is 11. The van der Waals surface area contributed by atoms with Gasteiger partial charge in [-0.2, -0.15) is 4.98 Å². The Morgan fingerprint density at radius 3 is 2.79 bits per heavy atom. The van der Waals surface area contributed by atoms with Gasteiger partial charge in [0.25, 0.3) is 5.56 Å². The molecule has 4 aromatic rings. The molecule has 2 aromatic carbocycles. The molecule has 1 aliphatic heterocycles. The first-order chi connectivity index (χ1) is 20.2. The number of esters is 1. The summed E-state index contributed by atoms with van der Waals surface area (Å²) in [4.78, 5) is 34.9. The van der Waals surface area contributed by atoms with Crippen molar-refractivity contribution in [2.45, 2.75) is 44.8 Å². The molecular formula is C26H31F2N6O7P. The lowest BCUT2D eigenvalue weighted by atomic mass is 10.1. The first-order valence-corrected chi connectivity index (χ1v) is 14.1. The van der Waals surface area contributed by atoms with Gasteiger partial charge < -0.3 is 29.4 Å². The number of aromatic nitrogens is 4. The average Bonchev–Trinajstić information content (AvgIpc) is 3.53. The van der Waals surface area contributed by atoms with Crippen molar-refractivity contribution in [2.24, 2.45) is 0 Å². The molecule has 4 atom stereocenters. The van der Waals surface area contributed by atoms with Crippen LogP contribution in [0.1, 0.15) is 26.5 Å². The molecule has 0 radical (unpaired) electrons. The monoisotopic (exact) mass is 608 g/mol. The maximum atomic E-state index is 12.2. The number of carbonyl (C=O) groups excluding carboxylic acids is 1. The highest BCUT2D eigenvalue weighted by molar-refractivity contribution is 7.45. The fourth-order valence-corrected chi connectivity index (χ4v) is 5.32. The molecule has 1 aliphatic rings. The fraction of sp³-hybridized carbons (Fsp3) is 0.385. The third-order valence-electron chi connectivity index (χ3n) is 5.97. The van der Waals surface area contributed by atoms with Crippen LogP contribution in [0.4, 0.5) is 14.7 Å². The molecule has 226 valence electrons. The Kier molecular flexibility index (Phi) is 10.7. The number of aliphatic hydroxyl groups is 1. The minimum Gasteiger partial charge on any atom is -0.462 e. The van der Waals surface area contributed by atoms with Crippen molar-refractivity contribution in [3.05, 3.63) is 59.1 Å². The second kappa shape index (κ2) is 14.4. The van der Waals surface area contributed by atoms with E-state index in [1.165, 1.54) is 6.33 Å². The van der Waals surface area contributed by atoms with Gasteiger partial charge in [-0.05, 0) is 25.3 Å². The number of halogens is 2. The van der Waals surface area contributed by atoms with E-state index in [0.29, 0.717) is 5.75 Å². The van der Waals surface area contributed by atoms with E-state index in [0.717, 1.165) is 10.8 Å². The van der Waals surface area contributed by atoms with Crippen LogP contribution in [0.25, 0.3) is 21.9 Å². The van der Waals surface area contributed by atoms with Crippen molar-refractivity contribution in [1.29, 1.82) is 0 Å². The van der Waals surface area contributed by atoms with E-state index < -0.39 is 45.4 Å². The molecule has 13 nitrogen and oxygen atoms in total. The summed E-state index contributed by atoms with van der Waals surface area (Å²) in [6.45, 7) is 1.61. The van der Waals surface area contributed by atoms with Gasteiger partial charge in [-0.25, -0.2) is 18.9 Å². The van der Waals surface area contributed by atoms with Gasteiger partial charge in [0, 0.05) is 11.8 Å². The number of aliphatic hydroxyl groups excluding tert-OH is 1. The summed E-state index contributed by atoms with van der Waals surface area (Å²) in [5.41, 5.74) is 5.60. The van der Waals surface area contributed by atoms with Gasteiger partial charge >= 0.3 is 14.5 Å². The summed E-state index contributed by atoms with van der Waals surface area (Å²) < 4.78 is 44.2. The van der Waals surface area contributed by atoms with E-state index in [9.17, 15) is 23.5 Å². The average molecular weight is 609 g/mol. The van der Waals surface area contributed by atoms with E-state index in [1.54, 1.807) is 18.4 Å². The Hall–Kier alpha value is -3.75. The number of aromatic amines is 1. The third kappa shape index (κ3) is 7.75. The fourth-order valence-electron chi connectivity index (χ4n) is 4.23. The van der Waals surface area contributed by atoms with Crippen LogP contribution in [-0.4, -0.2) is 69.0 Å². The highest BCUT2D eigenvalue weighted by atomic mass is 31.2. The van der Waals surface area contributed by atoms with E-state index in [4.69, 9.17) is 24.3 Å². The smallest absolute Gasteiger partial charge is 0.320 e. The highest BCUT2D eigenvalue weighted by Gasteiger charge is 2.37. The molecule has 0 amide bonds. The molecule has 0 bridgehead atoms. The Labute approximate surface area is 239 Å². The maximum absolute atomic E-state index is 12.2. The van der Waals surface area contributed by atoms with Crippen LogP contribution < -0.4 is 20.9 Å². The summed E-state index contributed by atoms with van der Waals surface area (Å²) >= 11 is 0. The Morgan fingerprint density at radius 1 is 1.29 bits per heavy atom. The lowest BCUT2D eigenvalue weighted by Gasteiger charge is -2.22. The number of benzene rings is 2. The van der Waals surface area contributed by atoms with Gasteiger partial charge in [0.1, 0.15) is 24.6 Å². The van der Waals surface area contributed by atoms with Crippen LogP contribution in [-0.2, 0) is 18.8 Å². The second-order valence-corrected chi connectivity index (χ2v) is 10.6. The molecule has 0 aliphatic carbocycles. The van der Waals surface area contributed by atoms with Crippen LogP contribution in [0.5, 0.6) is 5.75 Å². The molecule has 0 saturated carbocycles. The van der Waals surface area contributed by atoms with E-state index >= 15 is 0 Å². The number of imidazole rings is 1. The lowest BCUT2D eigenvalue weighted by Crippen LogP contribution is -2.29. The molecule has 4 unspecified atom stereocenters. The van der Waals surface area contributed by atoms with E-state index in [-0.39, 0.29) is 42.8 Å². The summed E-state index contributed by atoms with van der Waals surface area (Å²) in [5, 5.41) is 15.6. The number of ether oxygens (including phenoxy) is 2. The highest BCUT2D eigenvalue weighted by Crippen LogP contribution is 2.40. The number of fused-ring (bicyclic) bond motifs is 2. The molecule has 16 heteroatoms. The van der Waals surface area contributed by atoms with Crippen molar-refractivity contribution in [2.75, 3.05) is 25.8 Å². The summed E-state index contributed by atoms with van der Waals surface area (Å²) in [7, 11) is -1.83. The topological polar surface area (TPSA) is 176 Å². The zero-order valence-corrected chi connectivity index (χ0v) is 23.7. The van der Waals surface area contributed by atoms with Crippen molar-refractivity contribution < 1.29 is 37.2 Å². The number of nitrogens with zero attached hydrogens (tertiary/aromatic N) is 3. The van der Waals surface area contributed by atoms with E-state index in [1.807, 2.05) is 42.5 Å². The van der Waals surface area contributed by atoms with Gasteiger partial charge in [-0.1, -0.05) is 36.4 Å². The quantitative estimate of drug-likeness (QED) is 0.154. The lowest BCUT2D eigenvalue weighted by molar-refractivity contribution is -0.145. The number of hydrogen-bond donors (Lipinski definition) is 4. The SMILES string of the molecule is CC(C)OC(=O)CNP(OCC1OC(n2cnc3c(=O)[nH]c(N)nc32)CC1O)Oc1cccc2ccccc12.FCF. The number of carbonyl (C=O) groups is 1. The van der Waals surface area contributed by atoms with Crippen molar-refractivity contribution in [1.82, 2.24) is 24.6 Å². The number of rotatable bonds is 10. The zero-order chi connectivity index (χ0) is 30.2. The van der Waals surface area contributed by atoms with Crippen LogP contribution in [0.2, 0.25) is 0 Å². The summed E-state index contributed by atoms with van der Waals surface area (Å²) in [6, 6.07) is 13.4.